The maximum Gasteiger partial charge on any atom is 0.248 e. The van der Waals surface area contributed by atoms with Gasteiger partial charge >= 0.3 is 0 Å². The van der Waals surface area contributed by atoms with E-state index in [2.05, 4.69) is 43.8 Å². The van der Waals surface area contributed by atoms with Crippen molar-refractivity contribution in [2.75, 3.05) is 5.32 Å². The predicted octanol–water partition coefficient (Wildman–Crippen LogP) is 4.71. The fourth-order valence-corrected chi connectivity index (χ4v) is 2.49. The summed E-state index contributed by atoms with van der Waals surface area (Å²) in [6.07, 6.45) is 3.32. The summed E-state index contributed by atoms with van der Waals surface area (Å²) >= 11 is 5.61. The maximum absolute atomic E-state index is 11.8. The first-order valence-corrected chi connectivity index (χ1v) is 7.51. The zero-order chi connectivity index (χ0) is 13.7. The van der Waals surface area contributed by atoms with Crippen LogP contribution in [0.4, 0.5) is 5.69 Å². The first kappa shape index (κ1) is 14.3. The smallest absolute Gasteiger partial charge is 0.248 e. The standard InChI is InChI=1S/C15H11BrINO/c16-12-4-1-3-11(9-12)7-8-15(19)18-14-6-2-5-13(17)10-14/h1-10H,(H,18,19)/b8-7+. The van der Waals surface area contributed by atoms with Crippen LogP contribution in [0.2, 0.25) is 0 Å². The Labute approximate surface area is 134 Å². The minimum Gasteiger partial charge on any atom is -0.322 e. The van der Waals surface area contributed by atoms with Gasteiger partial charge in [0.2, 0.25) is 5.91 Å². The van der Waals surface area contributed by atoms with Crippen LogP contribution in [0.1, 0.15) is 5.56 Å². The van der Waals surface area contributed by atoms with Gasteiger partial charge in [-0.2, -0.15) is 0 Å². The van der Waals surface area contributed by atoms with Crippen molar-refractivity contribution in [1.29, 1.82) is 0 Å². The predicted molar refractivity (Wildman–Crippen MR) is 91.0 cm³/mol. The van der Waals surface area contributed by atoms with Crippen LogP contribution in [0.3, 0.4) is 0 Å². The fourth-order valence-electron chi connectivity index (χ4n) is 1.53. The lowest BCUT2D eigenvalue weighted by atomic mass is 10.2. The topological polar surface area (TPSA) is 29.1 Å². The van der Waals surface area contributed by atoms with Gasteiger partial charge in [0, 0.05) is 19.8 Å². The summed E-state index contributed by atoms with van der Waals surface area (Å²) in [5.41, 5.74) is 1.78. The minimum absolute atomic E-state index is 0.137. The van der Waals surface area contributed by atoms with Crippen molar-refractivity contribution in [3.05, 3.63) is 68.2 Å². The van der Waals surface area contributed by atoms with Crippen molar-refractivity contribution in [1.82, 2.24) is 0 Å². The van der Waals surface area contributed by atoms with E-state index >= 15 is 0 Å². The molecule has 0 saturated heterocycles. The highest BCUT2D eigenvalue weighted by molar-refractivity contribution is 14.1. The maximum atomic E-state index is 11.8. The third-order valence-electron chi connectivity index (χ3n) is 2.37. The van der Waals surface area contributed by atoms with Gasteiger partial charge in [-0.25, -0.2) is 0 Å². The van der Waals surface area contributed by atoms with Crippen LogP contribution in [-0.2, 0) is 4.79 Å². The third kappa shape index (κ3) is 4.80. The molecule has 0 saturated carbocycles. The number of rotatable bonds is 3. The molecule has 0 aliphatic rings. The van der Waals surface area contributed by atoms with Gasteiger partial charge in [0.05, 0.1) is 0 Å². The second-order valence-electron chi connectivity index (χ2n) is 3.89. The van der Waals surface area contributed by atoms with E-state index in [0.717, 1.165) is 19.3 Å². The van der Waals surface area contributed by atoms with Crippen molar-refractivity contribution in [2.45, 2.75) is 0 Å². The number of carbonyl (C=O) groups is 1. The molecule has 0 unspecified atom stereocenters. The Morgan fingerprint density at radius 1 is 1.16 bits per heavy atom. The molecule has 0 heterocycles. The fraction of sp³-hybridized carbons (Fsp3) is 0. The Balaban J connectivity index is 2.01. The molecule has 1 amide bonds. The molecule has 2 nitrogen and oxygen atoms in total. The lowest BCUT2D eigenvalue weighted by Crippen LogP contribution is -2.07. The van der Waals surface area contributed by atoms with E-state index in [1.54, 1.807) is 6.08 Å². The molecule has 2 aromatic rings. The number of amides is 1. The monoisotopic (exact) mass is 427 g/mol. The second kappa shape index (κ2) is 6.86. The van der Waals surface area contributed by atoms with Crippen LogP contribution in [-0.4, -0.2) is 5.91 Å². The summed E-state index contributed by atoms with van der Waals surface area (Å²) in [6.45, 7) is 0. The average Bonchev–Trinajstić information content (AvgIpc) is 2.36. The Morgan fingerprint density at radius 3 is 2.68 bits per heavy atom. The van der Waals surface area contributed by atoms with Gasteiger partial charge in [0.1, 0.15) is 0 Å². The van der Waals surface area contributed by atoms with Gasteiger partial charge in [-0.3, -0.25) is 4.79 Å². The number of hydrogen-bond donors (Lipinski definition) is 1. The molecule has 0 fully saturated rings. The Morgan fingerprint density at radius 2 is 1.95 bits per heavy atom. The van der Waals surface area contributed by atoms with E-state index in [-0.39, 0.29) is 5.91 Å². The van der Waals surface area contributed by atoms with Gasteiger partial charge < -0.3 is 5.32 Å². The first-order chi connectivity index (χ1) is 9.13. The van der Waals surface area contributed by atoms with Crippen LogP contribution in [0.25, 0.3) is 6.08 Å². The van der Waals surface area contributed by atoms with Crippen LogP contribution in [0.5, 0.6) is 0 Å². The molecule has 0 aromatic heterocycles. The van der Waals surface area contributed by atoms with E-state index < -0.39 is 0 Å². The van der Waals surface area contributed by atoms with E-state index in [1.807, 2.05) is 48.5 Å². The summed E-state index contributed by atoms with van der Waals surface area (Å²) in [5, 5.41) is 2.83. The van der Waals surface area contributed by atoms with E-state index in [9.17, 15) is 4.79 Å². The molecule has 4 heteroatoms. The highest BCUT2D eigenvalue weighted by Crippen LogP contribution is 2.14. The number of benzene rings is 2. The lowest BCUT2D eigenvalue weighted by Gasteiger charge is -2.02. The number of halogens is 2. The zero-order valence-corrected chi connectivity index (χ0v) is 13.7. The van der Waals surface area contributed by atoms with Crippen molar-refractivity contribution in [3.63, 3.8) is 0 Å². The summed E-state index contributed by atoms with van der Waals surface area (Å²) in [5.74, 6) is -0.137. The molecule has 0 aliphatic heterocycles. The molecule has 0 radical (unpaired) electrons. The van der Waals surface area contributed by atoms with Crippen LogP contribution < -0.4 is 5.32 Å². The molecular weight excluding hydrogens is 417 g/mol. The van der Waals surface area contributed by atoms with Crippen LogP contribution in [0.15, 0.2) is 59.1 Å². The minimum atomic E-state index is -0.137. The molecule has 2 rings (SSSR count). The number of anilines is 1. The van der Waals surface area contributed by atoms with Crippen molar-refractivity contribution < 1.29 is 4.79 Å². The van der Waals surface area contributed by atoms with E-state index in [4.69, 9.17) is 0 Å². The average molecular weight is 428 g/mol. The van der Waals surface area contributed by atoms with Crippen LogP contribution >= 0.6 is 38.5 Å². The number of carbonyl (C=O) groups excluding carboxylic acids is 1. The van der Waals surface area contributed by atoms with Gasteiger partial charge in [0.15, 0.2) is 0 Å². The highest BCUT2D eigenvalue weighted by Gasteiger charge is 1.98. The number of hydrogen-bond acceptors (Lipinski definition) is 1. The quantitative estimate of drug-likeness (QED) is 0.558. The highest BCUT2D eigenvalue weighted by atomic mass is 127. The summed E-state index contributed by atoms with van der Waals surface area (Å²) < 4.78 is 2.08. The summed E-state index contributed by atoms with van der Waals surface area (Å²) in [7, 11) is 0. The third-order valence-corrected chi connectivity index (χ3v) is 3.53. The van der Waals surface area contributed by atoms with Gasteiger partial charge in [-0.15, -0.1) is 0 Å². The Bertz CT molecular complexity index is 625. The van der Waals surface area contributed by atoms with Crippen molar-refractivity contribution >= 4 is 56.2 Å². The number of nitrogens with one attached hydrogen (secondary N) is 1. The molecule has 0 bridgehead atoms. The van der Waals surface area contributed by atoms with Gasteiger partial charge in [0.25, 0.3) is 0 Å². The molecule has 0 atom stereocenters. The molecule has 0 spiro atoms. The molecule has 2 aromatic carbocycles. The van der Waals surface area contributed by atoms with Gasteiger partial charge in [-0.1, -0.05) is 34.1 Å². The SMILES string of the molecule is O=C(/C=C/c1cccc(Br)c1)Nc1cccc(I)c1. The Hall–Kier alpha value is -1.14. The molecule has 19 heavy (non-hydrogen) atoms. The van der Waals surface area contributed by atoms with Crippen molar-refractivity contribution in [2.24, 2.45) is 0 Å². The molecule has 96 valence electrons. The van der Waals surface area contributed by atoms with Crippen LogP contribution in [0, 0.1) is 3.57 Å². The molecular formula is C15H11BrINO. The largest absolute Gasteiger partial charge is 0.322 e. The summed E-state index contributed by atoms with van der Waals surface area (Å²) in [4.78, 5) is 11.8. The van der Waals surface area contributed by atoms with Crippen molar-refractivity contribution in [3.8, 4) is 0 Å². The lowest BCUT2D eigenvalue weighted by molar-refractivity contribution is -0.111. The second-order valence-corrected chi connectivity index (χ2v) is 6.05. The van der Waals surface area contributed by atoms with E-state index in [0.29, 0.717) is 0 Å². The summed E-state index contributed by atoms with van der Waals surface area (Å²) in [6, 6.07) is 15.5. The molecule has 0 aliphatic carbocycles. The zero-order valence-electron chi connectivity index (χ0n) is 9.94. The van der Waals surface area contributed by atoms with Gasteiger partial charge in [-0.05, 0) is 64.6 Å². The Kier molecular flexibility index (Phi) is 5.15. The molecule has 1 N–H and O–H groups in total. The normalized spacial score (nSPS) is 10.6. The van der Waals surface area contributed by atoms with E-state index in [1.165, 1.54) is 6.08 Å². The first-order valence-electron chi connectivity index (χ1n) is 5.64.